The summed E-state index contributed by atoms with van der Waals surface area (Å²) >= 11 is 1.45. The predicted octanol–water partition coefficient (Wildman–Crippen LogP) is 5.37. The Hall–Kier alpha value is -2.57. The maximum Gasteiger partial charge on any atom is 0.260 e. The monoisotopic (exact) mass is 616 g/mol. The Morgan fingerprint density at radius 1 is 1.05 bits per heavy atom. The van der Waals surface area contributed by atoms with Gasteiger partial charge in [0, 0.05) is 44.8 Å². The van der Waals surface area contributed by atoms with Crippen molar-refractivity contribution in [3.05, 3.63) is 48.0 Å². The van der Waals surface area contributed by atoms with E-state index < -0.39 is 10.0 Å². The van der Waals surface area contributed by atoms with Crippen molar-refractivity contribution in [3.8, 4) is 5.75 Å². The molecule has 0 radical (unpaired) electrons. The number of hydrogen-bond acceptors (Lipinski definition) is 8. The maximum absolute atomic E-state index is 13.9. The molecule has 11 heteroatoms. The topological polar surface area (TPSA) is 92.3 Å². The highest BCUT2D eigenvalue weighted by Crippen LogP contribution is 2.32. The molecule has 4 rings (SSSR count). The number of sulfonamides is 1. The van der Waals surface area contributed by atoms with E-state index in [4.69, 9.17) is 14.5 Å². The highest BCUT2D eigenvalue weighted by atomic mass is 32.2. The van der Waals surface area contributed by atoms with Gasteiger partial charge < -0.3 is 9.47 Å². The van der Waals surface area contributed by atoms with Crippen LogP contribution in [0.5, 0.6) is 5.75 Å². The van der Waals surface area contributed by atoms with Crippen molar-refractivity contribution >= 4 is 42.6 Å². The molecule has 1 saturated heterocycles. The van der Waals surface area contributed by atoms with Crippen LogP contribution < -0.4 is 9.64 Å². The molecule has 0 N–H and O–H groups in total. The van der Waals surface area contributed by atoms with Crippen LogP contribution in [-0.2, 0) is 14.8 Å². The molecule has 0 spiro atoms. The number of aromatic nitrogens is 1. The van der Waals surface area contributed by atoms with Crippen LogP contribution >= 0.6 is 11.3 Å². The fourth-order valence-corrected chi connectivity index (χ4v) is 7.77. The van der Waals surface area contributed by atoms with E-state index in [1.807, 2.05) is 52.8 Å². The summed E-state index contributed by atoms with van der Waals surface area (Å²) in [7, 11) is -3.69. The number of amides is 1. The van der Waals surface area contributed by atoms with Gasteiger partial charge in [-0.05, 0) is 67.6 Å². The van der Waals surface area contributed by atoms with E-state index in [1.54, 1.807) is 33.5 Å². The summed E-state index contributed by atoms with van der Waals surface area (Å²) in [5.74, 6) is 0.963. The maximum atomic E-state index is 13.9. The molecule has 2 aromatic carbocycles. The molecular formula is C31H44N4O5S2. The van der Waals surface area contributed by atoms with E-state index >= 15 is 0 Å². The van der Waals surface area contributed by atoms with Crippen LogP contribution in [0.25, 0.3) is 10.2 Å². The molecule has 0 bridgehead atoms. The molecule has 2 heterocycles. The molecule has 1 fully saturated rings. The molecule has 0 unspecified atom stereocenters. The number of nitrogens with zero attached hydrogens (tertiary/aromatic N) is 4. The zero-order chi connectivity index (χ0) is 30.3. The largest absolute Gasteiger partial charge is 0.494 e. The van der Waals surface area contributed by atoms with Crippen molar-refractivity contribution in [3.63, 3.8) is 0 Å². The Bertz CT molecular complexity index is 1410. The third-order valence-electron chi connectivity index (χ3n) is 6.97. The number of hydrogen-bond donors (Lipinski definition) is 0. The Morgan fingerprint density at radius 2 is 1.71 bits per heavy atom. The van der Waals surface area contributed by atoms with Crippen LogP contribution in [0.1, 0.15) is 51.4 Å². The number of carbonyl (C=O) groups is 1. The van der Waals surface area contributed by atoms with Gasteiger partial charge in [0.25, 0.3) is 5.91 Å². The number of fused-ring (bicyclic) bond motifs is 1. The summed E-state index contributed by atoms with van der Waals surface area (Å²) in [4.78, 5) is 23.0. The second-order valence-corrected chi connectivity index (χ2v) is 14.4. The lowest BCUT2D eigenvalue weighted by Gasteiger charge is -2.28. The van der Waals surface area contributed by atoms with Crippen molar-refractivity contribution in [2.24, 2.45) is 11.8 Å². The Labute approximate surface area is 254 Å². The predicted molar refractivity (Wildman–Crippen MR) is 169 cm³/mol. The SMILES string of the molecule is CCOc1ccc2nc(N(CCCN3CCOCC3)C(=O)c3ccc(S(=O)(=O)N(CC(C)C)CC(C)C)cc3)sc2c1. The zero-order valence-electron chi connectivity index (χ0n) is 25.4. The average Bonchev–Trinajstić information content (AvgIpc) is 3.38. The second-order valence-electron chi connectivity index (χ2n) is 11.5. The van der Waals surface area contributed by atoms with Crippen LogP contribution in [0.15, 0.2) is 47.4 Å². The number of morpholine rings is 1. The van der Waals surface area contributed by atoms with E-state index in [-0.39, 0.29) is 22.6 Å². The van der Waals surface area contributed by atoms with E-state index in [9.17, 15) is 13.2 Å². The summed E-state index contributed by atoms with van der Waals surface area (Å²) in [6, 6.07) is 12.1. The van der Waals surface area contributed by atoms with E-state index in [2.05, 4.69) is 4.90 Å². The van der Waals surface area contributed by atoms with Gasteiger partial charge in [0.2, 0.25) is 10.0 Å². The number of benzene rings is 2. The molecule has 42 heavy (non-hydrogen) atoms. The van der Waals surface area contributed by atoms with Gasteiger partial charge in [0.1, 0.15) is 5.75 Å². The van der Waals surface area contributed by atoms with E-state index in [1.165, 1.54) is 11.3 Å². The zero-order valence-corrected chi connectivity index (χ0v) is 27.0. The van der Waals surface area contributed by atoms with Crippen molar-refractivity contribution in [2.75, 3.05) is 64.0 Å². The first kappa shape index (κ1) is 32.3. The average molecular weight is 617 g/mol. The van der Waals surface area contributed by atoms with Gasteiger partial charge in [0.05, 0.1) is 34.9 Å². The first-order valence-corrected chi connectivity index (χ1v) is 17.1. The van der Waals surface area contributed by atoms with Gasteiger partial charge in [-0.2, -0.15) is 4.31 Å². The highest BCUT2D eigenvalue weighted by molar-refractivity contribution is 7.89. The molecule has 1 amide bonds. The Morgan fingerprint density at radius 3 is 2.33 bits per heavy atom. The number of thiazole rings is 1. The van der Waals surface area contributed by atoms with Gasteiger partial charge in [-0.1, -0.05) is 39.0 Å². The molecule has 9 nitrogen and oxygen atoms in total. The van der Waals surface area contributed by atoms with E-state index in [0.717, 1.165) is 55.2 Å². The van der Waals surface area contributed by atoms with Gasteiger partial charge in [-0.3, -0.25) is 14.6 Å². The molecule has 3 aromatic rings. The molecule has 230 valence electrons. The summed E-state index contributed by atoms with van der Waals surface area (Å²) < 4.78 is 40.6. The molecule has 1 aliphatic heterocycles. The first-order valence-electron chi connectivity index (χ1n) is 14.8. The summed E-state index contributed by atoms with van der Waals surface area (Å²) in [5.41, 5.74) is 1.23. The standard InChI is InChI=1S/C31H44N4O5S2/c1-6-40-26-10-13-28-29(20-26)41-31(32-28)35(15-7-14-33-16-18-39-19-17-33)30(36)25-8-11-27(12-9-25)42(37,38)34(21-23(2)3)22-24(4)5/h8-13,20,23-24H,6-7,14-19,21-22H2,1-5H3. The van der Waals surface area contributed by atoms with Gasteiger partial charge >= 0.3 is 0 Å². The molecule has 1 aromatic heterocycles. The van der Waals surface area contributed by atoms with Crippen molar-refractivity contribution in [1.29, 1.82) is 0 Å². The summed E-state index contributed by atoms with van der Waals surface area (Å²) in [5, 5.41) is 0.613. The lowest BCUT2D eigenvalue weighted by atomic mass is 10.2. The third kappa shape index (κ3) is 8.29. The van der Waals surface area contributed by atoms with Crippen LogP contribution in [0.3, 0.4) is 0 Å². The number of carbonyl (C=O) groups excluding carboxylic acids is 1. The van der Waals surface area contributed by atoms with Crippen molar-refractivity contribution in [2.45, 2.75) is 45.9 Å². The fraction of sp³-hybridized carbons (Fsp3) is 0.548. The van der Waals surface area contributed by atoms with Crippen molar-refractivity contribution in [1.82, 2.24) is 14.2 Å². The molecule has 0 aliphatic carbocycles. The highest BCUT2D eigenvalue weighted by Gasteiger charge is 2.27. The normalized spacial score (nSPS) is 14.8. The smallest absolute Gasteiger partial charge is 0.260 e. The second kappa shape index (κ2) is 14.7. The molecule has 0 atom stereocenters. The first-order chi connectivity index (χ1) is 20.1. The number of rotatable bonds is 14. The van der Waals surface area contributed by atoms with Crippen LogP contribution in [-0.4, -0.2) is 87.6 Å². The molecule has 0 saturated carbocycles. The van der Waals surface area contributed by atoms with Crippen molar-refractivity contribution < 1.29 is 22.7 Å². The van der Waals surface area contributed by atoms with Gasteiger partial charge in [-0.25, -0.2) is 13.4 Å². The Kier molecular flexibility index (Phi) is 11.4. The lowest BCUT2D eigenvalue weighted by Crippen LogP contribution is -2.39. The quantitative estimate of drug-likeness (QED) is 0.241. The molecular weight excluding hydrogens is 572 g/mol. The molecule has 1 aliphatic rings. The summed E-state index contributed by atoms with van der Waals surface area (Å²) in [6.45, 7) is 16.0. The number of anilines is 1. The van der Waals surface area contributed by atoms with Crippen LogP contribution in [0.2, 0.25) is 0 Å². The fourth-order valence-electron chi connectivity index (χ4n) is 4.99. The van der Waals surface area contributed by atoms with Gasteiger partial charge in [-0.15, -0.1) is 0 Å². The Balaban J connectivity index is 1.59. The number of ether oxygens (including phenoxy) is 2. The lowest BCUT2D eigenvalue weighted by molar-refractivity contribution is 0.0376. The third-order valence-corrected chi connectivity index (χ3v) is 9.86. The minimum Gasteiger partial charge on any atom is -0.494 e. The van der Waals surface area contributed by atoms with Crippen LogP contribution in [0.4, 0.5) is 5.13 Å². The summed E-state index contributed by atoms with van der Waals surface area (Å²) in [6.07, 6.45) is 0.775. The minimum atomic E-state index is -3.69. The van der Waals surface area contributed by atoms with Crippen LogP contribution in [0, 0.1) is 11.8 Å². The van der Waals surface area contributed by atoms with E-state index in [0.29, 0.717) is 36.9 Å². The van der Waals surface area contributed by atoms with Gasteiger partial charge in [0.15, 0.2) is 5.13 Å². The minimum absolute atomic E-state index is 0.197.